The molecule has 0 radical (unpaired) electrons. The summed E-state index contributed by atoms with van der Waals surface area (Å²) < 4.78 is 1.84. The zero-order valence-electron chi connectivity index (χ0n) is 16.5. The number of aromatic nitrogens is 4. The number of carbonyl (C=O) groups is 2. The highest BCUT2D eigenvalue weighted by molar-refractivity contribution is 6.16. The zero-order chi connectivity index (χ0) is 21.5. The predicted molar refractivity (Wildman–Crippen MR) is 117 cm³/mol. The van der Waals surface area contributed by atoms with Crippen molar-refractivity contribution < 1.29 is 14.7 Å². The van der Waals surface area contributed by atoms with Gasteiger partial charge in [0.15, 0.2) is 5.69 Å². The molecule has 0 unspecified atom stereocenters. The van der Waals surface area contributed by atoms with Gasteiger partial charge in [0.1, 0.15) is 5.52 Å². The Kier molecular flexibility index (Phi) is 4.25. The molecule has 31 heavy (non-hydrogen) atoms. The maximum Gasteiger partial charge on any atom is 0.357 e. The van der Waals surface area contributed by atoms with Crippen LogP contribution in [0.2, 0.25) is 0 Å². The van der Waals surface area contributed by atoms with Crippen molar-refractivity contribution in [1.82, 2.24) is 19.7 Å². The van der Waals surface area contributed by atoms with Gasteiger partial charge in [0.2, 0.25) is 0 Å². The molecular formula is C23H17N5O3. The number of amides is 1. The molecule has 8 nitrogen and oxygen atoms in total. The van der Waals surface area contributed by atoms with E-state index in [1.54, 1.807) is 24.4 Å². The Morgan fingerprint density at radius 3 is 2.61 bits per heavy atom. The van der Waals surface area contributed by atoms with Crippen molar-refractivity contribution in [3.05, 3.63) is 78.1 Å². The van der Waals surface area contributed by atoms with Gasteiger partial charge >= 0.3 is 5.97 Å². The maximum atomic E-state index is 13.2. The molecule has 0 atom stereocenters. The van der Waals surface area contributed by atoms with E-state index < -0.39 is 5.97 Å². The molecule has 2 aromatic carbocycles. The molecule has 0 fully saturated rings. The van der Waals surface area contributed by atoms with Crippen LogP contribution in [0.15, 0.2) is 66.9 Å². The molecule has 5 rings (SSSR count). The lowest BCUT2D eigenvalue weighted by Gasteiger charge is -2.07. The number of nitrogens with one attached hydrogen (secondary N) is 2. The zero-order valence-corrected chi connectivity index (χ0v) is 16.5. The van der Waals surface area contributed by atoms with Crippen LogP contribution in [-0.4, -0.2) is 36.7 Å². The molecule has 5 aromatic rings. The first-order valence-electron chi connectivity index (χ1n) is 9.56. The topological polar surface area (TPSA) is 113 Å². The number of aromatic carboxylic acids is 1. The molecule has 0 aliphatic carbocycles. The van der Waals surface area contributed by atoms with Gasteiger partial charge in [-0.25, -0.2) is 9.78 Å². The molecule has 0 aliphatic rings. The predicted octanol–water partition coefficient (Wildman–Crippen LogP) is 4.07. The number of rotatable bonds is 4. The van der Waals surface area contributed by atoms with E-state index in [0.29, 0.717) is 27.7 Å². The Labute approximate surface area is 176 Å². The Morgan fingerprint density at radius 1 is 1.03 bits per heavy atom. The number of hydrogen-bond acceptors (Lipinski definition) is 4. The summed E-state index contributed by atoms with van der Waals surface area (Å²) in [6.07, 6.45) is 1.72. The van der Waals surface area contributed by atoms with Crippen LogP contribution in [0.5, 0.6) is 0 Å². The highest BCUT2D eigenvalue weighted by Gasteiger charge is 2.20. The van der Waals surface area contributed by atoms with Crippen LogP contribution in [0.4, 0.5) is 5.69 Å². The minimum atomic E-state index is -1.17. The van der Waals surface area contributed by atoms with E-state index >= 15 is 0 Å². The second-order valence-corrected chi connectivity index (χ2v) is 7.14. The fourth-order valence-electron chi connectivity index (χ4n) is 3.72. The number of anilines is 1. The van der Waals surface area contributed by atoms with Gasteiger partial charge in [0.05, 0.1) is 33.4 Å². The number of nitrogens with zero attached hydrogens (tertiary/aromatic N) is 3. The molecule has 1 amide bonds. The Hall–Kier alpha value is -4.46. The van der Waals surface area contributed by atoms with Crippen molar-refractivity contribution in [3.8, 4) is 11.3 Å². The number of carboxylic acids is 1. The number of aryl methyl sites for hydroxylation is 1. The van der Waals surface area contributed by atoms with E-state index in [9.17, 15) is 14.7 Å². The van der Waals surface area contributed by atoms with Crippen molar-refractivity contribution in [2.24, 2.45) is 7.05 Å². The van der Waals surface area contributed by atoms with Crippen molar-refractivity contribution >= 4 is 39.5 Å². The summed E-state index contributed by atoms with van der Waals surface area (Å²) >= 11 is 0. The van der Waals surface area contributed by atoms with Gasteiger partial charge in [-0.15, -0.1) is 0 Å². The Morgan fingerprint density at radius 2 is 1.84 bits per heavy atom. The third-order valence-corrected chi connectivity index (χ3v) is 5.19. The van der Waals surface area contributed by atoms with Crippen LogP contribution in [0.25, 0.3) is 33.2 Å². The molecule has 0 bridgehead atoms. The van der Waals surface area contributed by atoms with Gasteiger partial charge in [-0.3, -0.25) is 9.89 Å². The third kappa shape index (κ3) is 3.10. The summed E-state index contributed by atoms with van der Waals surface area (Å²) in [4.78, 5) is 29.5. The van der Waals surface area contributed by atoms with Crippen molar-refractivity contribution in [2.45, 2.75) is 0 Å². The molecular weight excluding hydrogens is 394 g/mol. The lowest BCUT2D eigenvalue weighted by Crippen LogP contribution is -2.12. The maximum absolute atomic E-state index is 13.2. The van der Waals surface area contributed by atoms with E-state index in [1.165, 1.54) is 0 Å². The van der Waals surface area contributed by atoms with Crippen molar-refractivity contribution in [3.63, 3.8) is 0 Å². The highest BCUT2D eigenvalue weighted by atomic mass is 16.4. The summed E-state index contributed by atoms with van der Waals surface area (Å²) in [5.74, 6) is -1.55. The molecule has 0 saturated heterocycles. The van der Waals surface area contributed by atoms with Crippen LogP contribution in [-0.2, 0) is 7.05 Å². The van der Waals surface area contributed by atoms with Gasteiger partial charge in [0, 0.05) is 18.8 Å². The van der Waals surface area contributed by atoms with Gasteiger partial charge < -0.3 is 15.0 Å². The number of H-pyrrole nitrogens is 1. The first-order valence-corrected chi connectivity index (χ1v) is 9.56. The highest BCUT2D eigenvalue weighted by Crippen LogP contribution is 2.28. The number of pyridine rings is 1. The lowest BCUT2D eigenvalue weighted by atomic mass is 10.1. The van der Waals surface area contributed by atoms with Crippen molar-refractivity contribution in [2.75, 3.05) is 5.32 Å². The average molecular weight is 411 g/mol. The smallest absolute Gasteiger partial charge is 0.357 e. The lowest BCUT2D eigenvalue weighted by molar-refractivity contribution is 0.0692. The number of aromatic amines is 1. The molecule has 0 aliphatic heterocycles. The molecule has 3 N–H and O–H groups in total. The molecule has 152 valence electrons. The van der Waals surface area contributed by atoms with Crippen LogP contribution >= 0.6 is 0 Å². The molecule has 3 aromatic heterocycles. The monoisotopic (exact) mass is 411 g/mol. The first-order chi connectivity index (χ1) is 15.0. The largest absolute Gasteiger partial charge is 0.476 e. The first kappa shape index (κ1) is 18.6. The number of fused-ring (bicyclic) bond motifs is 2. The second-order valence-electron chi connectivity index (χ2n) is 7.14. The number of carboxylic acid groups (broad SMARTS) is 1. The van der Waals surface area contributed by atoms with E-state index in [1.807, 2.05) is 54.1 Å². The van der Waals surface area contributed by atoms with Gasteiger partial charge in [-0.1, -0.05) is 36.4 Å². The van der Waals surface area contributed by atoms with E-state index in [-0.39, 0.29) is 11.6 Å². The SMILES string of the molecule is Cn1cc(C(=O)Nc2cccc3[nH]nc(C(=O)O)c23)c2nc(-c3ccccc3)ccc21. The molecule has 8 heteroatoms. The minimum absolute atomic E-state index is 0.145. The fourth-order valence-corrected chi connectivity index (χ4v) is 3.72. The minimum Gasteiger partial charge on any atom is -0.476 e. The van der Waals surface area contributed by atoms with Crippen LogP contribution in [0.3, 0.4) is 0 Å². The average Bonchev–Trinajstić information content (AvgIpc) is 3.36. The number of carbonyl (C=O) groups excluding carboxylic acids is 1. The molecule has 0 spiro atoms. The van der Waals surface area contributed by atoms with Crippen molar-refractivity contribution in [1.29, 1.82) is 0 Å². The van der Waals surface area contributed by atoms with Gasteiger partial charge in [-0.2, -0.15) is 5.10 Å². The Balaban J connectivity index is 1.59. The summed E-state index contributed by atoms with van der Waals surface area (Å²) in [7, 11) is 1.85. The van der Waals surface area contributed by atoms with Crippen LogP contribution in [0, 0.1) is 0 Å². The van der Waals surface area contributed by atoms with Crippen LogP contribution < -0.4 is 5.32 Å². The molecule has 3 heterocycles. The van der Waals surface area contributed by atoms with E-state index in [0.717, 1.165) is 16.8 Å². The fraction of sp³-hybridized carbons (Fsp3) is 0.0435. The van der Waals surface area contributed by atoms with Gasteiger partial charge in [0.25, 0.3) is 5.91 Å². The van der Waals surface area contributed by atoms with E-state index in [2.05, 4.69) is 15.5 Å². The number of benzene rings is 2. The quantitative estimate of drug-likeness (QED) is 0.413. The molecule has 0 saturated carbocycles. The summed E-state index contributed by atoms with van der Waals surface area (Å²) in [6.45, 7) is 0. The van der Waals surface area contributed by atoms with Gasteiger partial charge in [-0.05, 0) is 24.3 Å². The summed E-state index contributed by atoms with van der Waals surface area (Å²) in [5, 5.41) is 19.1. The normalized spacial score (nSPS) is 11.1. The third-order valence-electron chi connectivity index (χ3n) is 5.19. The second kappa shape index (κ2) is 7.10. The summed E-state index contributed by atoms with van der Waals surface area (Å²) in [6, 6.07) is 18.7. The standard InChI is InChI=1S/C23H17N5O3/c1-28-12-14(20-18(28)11-10-15(24-20)13-6-3-2-4-7-13)22(29)25-16-8-5-9-17-19(16)21(23(30)31)27-26-17/h2-12H,1H3,(H,25,29)(H,26,27)(H,30,31). The van der Waals surface area contributed by atoms with E-state index in [4.69, 9.17) is 4.98 Å². The van der Waals surface area contributed by atoms with Crippen LogP contribution in [0.1, 0.15) is 20.8 Å². The number of hydrogen-bond donors (Lipinski definition) is 3. The summed E-state index contributed by atoms with van der Waals surface area (Å²) in [5.41, 5.74) is 4.24. The Bertz CT molecular complexity index is 1470.